The van der Waals surface area contributed by atoms with Gasteiger partial charge < -0.3 is 10.2 Å². The lowest BCUT2D eigenvalue weighted by Crippen LogP contribution is -2.51. The zero-order chi connectivity index (χ0) is 17.3. The van der Waals surface area contributed by atoms with E-state index in [1.165, 1.54) is 10.6 Å². The SMILES string of the molecule is CS(=O)(=O)N1C[C@@H]2CC[C@H](C1)N(C(=O)NCc1ccc(Cl)cc1)C2. The minimum absolute atomic E-state index is 0.0521. The first kappa shape index (κ1) is 17.5. The molecule has 0 spiro atoms. The summed E-state index contributed by atoms with van der Waals surface area (Å²) in [5, 5.41) is 3.59. The van der Waals surface area contributed by atoms with Crippen molar-refractivity contribution >= 4 is 27.7 Å². The molecule has 24 heavy (non-hydrogen) atoms. The Morgan fingerprint density at radius 1 is 1.21 bits per heavy atom. The van der Waals surface area contributed by atoms with E-state index < -0.39 is 10.0 Å². The molecule has 0 saturated carbocycles. The number of halogens is 1. The molecule has 6 nitrogen and oxygen atoms in total. The number of benzene rings is 1. The summed E-state index contributed by atoms with van der Waals surface area (Å²) in [7, 11) is -3.22. The lowest BCUT2D eigenvalue weighted by Gasteiger charge is -2.36. The van der Waals surface area contributed by atoms with E-state index in [0.29, 0.717) is 31.2 Å². The van der Waals surface area contributed by atoms with E-state index in [1.807, 2.05) is 12.1 Å². The van der Waals surface area contributed by atoms with Crippen LogP contribution in [-0.2, 0) is 16.6 Å². The topological polar surface area (TPSA) is 69.7 Å². The van der Waals surface area contributed by atoms with Crippen molar-refractivity contribution in [3.8, 4) is 0 Å². The van der Waals surface area contributed by atoms with Crippen molar-refractivity contribution in [2.24, 2.45) is 5.92 Å². The van der Waals surface area contributed by atoms with Gasteiger partial charge >= 0.3 is 6.03 Å². The van der Waals surface area contributed by atoms with Crippen molar-refractivity contribution in [2.75, 3.05) is 25.9 Å². The van der Waals surface area contributed by atoms with Gasteiger partial charge in [-0.05, 0) is 36.5 Å². The van der Waals surface area contributed by atoms with Gasteiger partial charge in [-0.15, -0.1) is 0 Å². The molecule has 1 aromatic rings. The van der Waals surface area contributed by atoms with E-state index in [0.717, 1.165) is 18.4 Å². The molecule has 132 valence electrons. The first-order valence-electron chi connectivity index (χ1n) is 8.07. The van der Waals surface area contributed by atoms with Crippen LogP contribution in [0.1, 0.15) is 18.4 Å². The zero-order valence-corrected chi connectivity index (χ0v) is 15.2. The molecule has 1 N–H and O–H groups in total. The molecule has 0 aliphatic carbocycles. The van der Waals surface area contributed by atoms with Gasteiger partial charge in [0.1, 0.15) is 0 Å². The second-order valence-electron chi connectivity index (χ2n) is 6.61. The number of fused-ring (bicyclic) bond motifs is 4. The highest BCUT2D eigenvalue weighted by Crippen LogP contribution is 2.29. The summed E-state index contributed by atoms with van der Waals surface area (Å²) in [5.74, 6) is 0.208. The Balaban J connectivity index is 1.64. The fraction of sp³-hybridized carbons (Fsp3) is 0.562. The van der Waals surface area contributed by atoms with Gasteiger partial charge in [0.05, 0.1) is 6.26 Å². The van der Waals surface area contributed by atoms with Crippen LogP contribution >= 0.6 is 11.6 Å². The van der Waals surface area contributed by atoms with E-state index in [2.05, 4.69) is 5.32 Å². The first-order valence-corrected chi connectivity index (χ1v) is 10.3. The van der Waals surface area contributed by atoms with Crippen molar-refractivity contribution in [1.29, 1.82) is 0 Å². The molecule has 2 amide bonds. The Kier molecular flexibility index (Phi) is 5.03. The monoisotopic (exact) mass is 371 g/mol. The molecule has 0 unspecified atom stereocenters. The first-order chi connectivity index (χ1) is 11.3. The van der Waals surface area contributed by atoms with Gasteiger partial charge in [0.25, 0.3) is 0 Å². The molecule has 0 radical (unpaired) electrons. The Hall–Kier alpha value is -1.31. The molecule has 3 saturated heterocycles. The summed E-state index contributed by atoms with van der Waals surface area (Å²) in [5.41, 5.74) is 0.977. The van der Waals surface area contributed by atoms with Gasteiger partial charge in [-0.2, -0.15) is 4.31 Å². The molecule has 1 aromatic carbocycles. The number of amides is 2. The van der Waals surface area contributed by atoms with E-state index in [1.54, 1.807) is 17.0 Å². The summed E-state index contributed by atoms with van der Waals surface area (Å²) in [6.07, 6.45) is 3.06. The number of nitrogens with one attached hydrogen (secondary N) is 1. The Morgan fingerprint density at radius 3 is 2.58 bits per heavy atom. The highest BCUT2D eigenvalue weighted by molar-refractivity contribution is 7.88. The maximum Gasteiger partial charge on any atom is 0.317 e. The molecule has 4 rings (SSSR count). The van der Waals surface area contributed by atoms with Crippen molar-refractivity contribution in [1.82, 2.24) is 14.5 Å². The van der Waals surface area contributed by atoms with Crippen LogP contribution in [0.2, 0.25) is 5.02 Å². The van der Waals surface area contributed by atoms with Crippen LogP contribution in [0.15, 0.2) is 24.3 Å². The van der Waals surface area contributed by atoms with Crippen LogP contribution in [0.5, 0.6) is 0 Å². The highest BCUT2D eigenvalue weighted by atomic mass is 35.5. The summed E-state index contributed by atoms with van der Waals surface area (Å²) >= 11 is 5.86. The number of urea groups is 1. The Morgan fingerprint density at radius 2 is 1.92 bits per heavy atom. The second kappa shape index (κ2) is 6.90. The van der Waals surface area contributed by atoms with Gasteiger partial charge in [0, 0.05) is 37.2 Å². The third kappa shape index (κ3) is 4.02. The van der Waals surface area contributed by atoms with E-state index >= 15 is 0 Å². The molecule has 8 heteroatoms. The maximum absolute atomic E-state index is 12.6. The molecule has 3 fully saturated rings. The molecule has 3 heterocycles. The standard InChI is InChI=1S/C16H22ClN3O3S/c1-24(22,23)19-9-13-4-7-15(11-19)20(10-13)16(21)18-8-12-2-5-14(17)6-3-12/h2-3,5-6,13,15H,4,7-11H2,1H3,(H,18,21)/t13-,15+/m0/s1. The summed E-state index contributed by atoms with van der Waals surface area (Å²) < 4.78 is 25.3. The van der Waals surface area contributed by atoms with Gasteiger partial charge in [0.2, 0.25) is 10.0 Å². The van der Waals surface area contributed by atoms with Crippen LogP contribution < -0.4 is 5.32 Å². The van der Waals surface area contributed by atoms with Gasteiger partial charge in [-0.3, -0.25) is 0 Å². The second-order valence-corrected chi connectivity index (χ2v) is 9.03. The van der Waals surface area contributed by atoms with Crippen LogP contribution in [0.4, 0.5) is 4.79 Å². The minimum Gasteiger partial charge on any atom is -0.334 e. The summed E-state index contributed by atoms with van der Waals surface area (Å²) in [6.45, 7) is 1.95. The largest absolute Gasteiger partial charge is 0.334 e. The number of carbonyl (C=O) groups is 1. The predicted octanol–water partition coefficient (Wildman–Crippen LogP) is 1.91. The van der Waals surface area contributed by atoms with Crippen LogP contribution in [-0.4, -0.2) is 55.6 Å². The summed E-state index contributed by atoms with van der Waals surface area (Å²) in [6, 6.07) is 7.16. The van der Waals surface area contributed by atoms with Crippen LogP contribution in [0.3, 0.4) is 0 Å². The smallest absolute Gasteiger partial charge is 0.317 e. The van der Waals surface area contributed by atoms with E-state index in [-0.39, 0.29) is 18.0 Å². The number of piperidine rings is 1. The van der Waals surface area contributed by atoms with E-state index in [4.69, 9.17) is 11.6 Å². The van der Waals surface area contributed by atoms with Crippen molar-refractivity contribution < 1.29 is 13.2 Å². The van der Waals surface area contributed by atoms with E-state index in [9.17, 15) is 13.2 Å². The average Bonchev–Trinajstić information content (AvgIpc) is 2.86. The minimum atomic E-state index is -3.22. The predicted molar refractivity (Wildman–Crippen MR) is 93.3 cm³/mol. The van der Waals surface area contributed by atoms with Gasteiger partial charge in [-0.1, -0.05) is 23.7 Å². The number of sulfonamides is 1. The number of hydrogen-bond donors (Lipinski definition) is 1. The molecular weight excluding hydrogens is 350 g/mol. The van der Waals surface area contributed by atoms with Gasteiger partial charge in [0.15, 0.2) is 0 Å². The molecule has 3 aliphatic rings. The quantitative estimate of drug-likeness (QED) is 0.882. The van der Waals surface area contributed by atoms with Crippen LogP contribution in [0, 0.1) is 5.92 Å². The Labute approximate surface area is 147 Å². The lowest BCUT2D eigenvalue weighted by atomic mass is 9.95. The number of hydrogen-bond acceptors (Lipinski definition) is 3. The third-order valence-electron chi connectivity index (χ3n) is 4.77. The number of nitrogens with zero attached hydrogens (tertiary/aromatic N) is 2. The third-order valence-corrected chi connectivity index (χ3v) is 6.26. The Bertz CT molecular complexity index is 708. The molecule has 2 bridgehead atoms. The van der Waals surface area contributed by atoms with Crippen molar-refractivity contribution in [3.05, 3.63) is 34.9 Å². The molecule has 3 aliphatic heterocycles. The highest BCUT2D eigenvalue weighted by Gasteiger charge is 2.39. The zero-order valence-electron chi connectivity index (χ0n) is 13.6. The molecule has 0 aromatic heterocycles. The molecule has 2 atom stereocenters. The van der Waals surface area contributed by atoms with Gasteiger partial charge in [-0.25, -0.2) is 13.2 Å². The van der Waals surface area contributed by atoms with Crippen LogP contribution in [0.25, 0.3) is 0 Å². The number of carbonyl (C=O) groups excluding carboxylic acids is 1. The maximum atomic E-state index is 12.6. The lowest BCUT2D eigenvalue weighted by molar-refractivity contribution is 0.141. The van der Waals surface area contributed by atoms with Crippen molar-refractivity contribution in [3.63, 3.8) is 0 Å². The molecular formula is C16H22ClN3O3S. The fourth-order valence-corrected chi connectivity index (χ4v) is 4.49. The van der Waals surface area contributed by atoms with Crippen molar-refractivity contribution in [2.45, 2.75) is 25.4 Å². The average molecular weight is 372 g/mol. The normalized spacial score (nSPS) is 24.7. The number of rotatable bonds is 3. The fourth-order valence-electron chi connectivity index (χ4n) is 3.44. The summed E-state index contributed by atoms with van der Waals surface area (Å²) in [4.78, 5) is 14.4.